The summed E-state index contributed by atoms with van der Waals surface area (Å²) in [5.74, 6) is 0.811. The summed E-state index contributed by atoms with van der Waals surface area (Å²) in [6.45, 7) is 4.42. The minimum Gasteiger partial charge on any atom is -0.497 e. The lowest BCUT2D eigenvalue weighted by Gasteiger charge is -2.23. The molecular weight excluding hydrogens is 348 g/mol. The average Bonchev–Trinajstić information content (AvgIpc) is 3.05. The fraction of sp³-hybridized carbons (Fsp3) is 0.286. The molecule has 0 aliphatic heterocycles. The highest BCUT2D eigenvalue weighted by Crippen LogP contribution is 2.32. The number of methoxy groups -OCH3 is 1. The van der Waals surface area contributed by atoms with Gasteiger partial charge in [0.05, 0.1) is 12.5 Å². The lowest BCUT2D eigenvalue weighted by molar-refractivity contribution is -0.125. The molecule has 0 spiro atoms. The number of hydrogen-bond acceptors (Lipinski definition) is 2. The van der Waals surface area contributed by atoms with Crippen LogP contribution in [0.4, 0.5) is 0 Å². The van der Waals surface area contributed by atoms with Gasteiger partial charge in [0, 0.05) is 28.7 Å². The van der Waals surface area contributed by atoms with E-state index >= 15 is 0 Å². The largest absolute Gasteiger partial charge is 0.497 e. The number of aromatic nitrogens is 1. The lowest BCUT2D eigenvalue weighted by Crippen LogP contribution is -2.40. The van der Waals surface area contributed by atoms with Gasteiger partial charge >= 0.3 is 0 Å². The summed E-state index contributed by atoms with van der Waals surface area (Å²) in [6, 6.07) is 13.5. The van der Waals surface area contributed by atoms with E-state index in [4.69, 9.17) is 16.3 Å². The van der Waals surface area contributed by atoms with Crippen LogP contribution in [0.5, 0.6) is 5.75 Å². The van der Waals surface area contributed by atoms with Crippen molar-refractivity contribution in [2.45, 2.75) is 25.7 Å². The van der Waals surface area contributed by atoms with Crippen LogP contribution in [0.25, 0.3) is 10.9 Å². The molecule has 5 heteroatoms. The Morgan fingerprint density at radius 2 is 2.04 bits per heavy atom. The van der Waals surface area contributed by atoms with Crippen molar-refractivity contribution >= 4 is 28.4 Å². The Morgan fingerprint density at radius 3 is 2.81 bits per heavy atom. The molecule has 1 aromatic heterocycles. The molecule has 0 saturated heterocycles. The van der Waals surface area contributed by atoms with Gasteiger partial charge in [0.2, 0.25) is 5.91 Å². The van der Waals surface area contributed by atoms with Crippen molar-refractivity contribution in [1.82, 2.24) is 10.3 Å². The van der Waals surface area contributed by atoms with Crippen molar-refractivity contribution in [3.63, 3.8) is 0 Å². The fourth-order valence-electron chi connectivity index (χ4n) is 3.10. The van der Waals surface area contributed by atoms with Crippen LogP contribution in [-0.2, 0) is 16.6 Å². The Morgan fingerprint density at radius 1 is 1.23 bits per heavy atom. The fourth-order valence-corrected chi connectivity index (χ4v) is 3.27. The van der Waals surface area contributed by atoms with Gasteiger partial charge in [0.25, 0.3) is 0 Å². The summed E-state index contributed by atoms with van der Waals surface area (Å²) in [6.07, 6.45) is 2.64. The Labute approximate surface area is 158 Å². The zero-order chi connectivity index (χ0) is 18.7. The molecule has 0 bridgehead atoms. The van der Waals surface area contributed by atoms with E-state index in [0.29, 0.717) is 11.6 Å². The molecule has 0 aliphatic rings. The monoisotopic (exact) mass is 370 g/mol. The van der Waals surface area contributed by atoms with Crippen LogP contribution < -0.4 is 10.1 Å². The molecule has 3 rings (SSSR count). The van der Waals surface area contributed by atoms with Crippen molar-refractivity contribution in [3.8, 4) is 5.75 Å². The van der Waals surface area contributed by atoms with E-state index in [2.05, 4.69) is 10.3 Å². The first kappa shape index (κ1) is 18.3. The first-order chi connectivity index (χ1) is 12.4. The SMILES string of the molecule is COc1cccc(CCNC(=O)C(C)(C)c2c[nH]c3ccc(Cl)cc23)c1. The highest BCUT2D eigenvalue weighted by Gasteiger charge is 2.32. The van der Waals surface area contributed by atoms with Gasteiger partial charge in [-0.3, -0.25) is 4.79 Å². The third kappa shape index (κ3) is 3.70. The molecule has 2 N–H and O–H groups in total. The second-order valence-electron chi connectivity index (χ2n) is 6.87. The molecule has 0 fully saturated rings. The maximum Gasteiger partial charge on any atom is 0.230 e. The topological polar surface area (TPSA) is 54.1 Å². The number of carbonyl (C=O) groups excluding carboxylic acids is 1. The standard InChI is InChI=1S/C21H23ClN2O2/c1-21(2,18-13-24-19-8-7-15(22)12-17(18)19)20(25)23-10-9-14-5-4-6-16(11-14)26-3/h4-8,11-13,24H,9-10H2,1-3H3,(H,23,25). The van der Waals surface area contributed by atoms with E-state index in [1.54, 1.807) is 7.11 Å². The van der Waals surface area contributed by atoms with E-state index in [1.165, 1.54) is 0 Å². The van der Waals surface area contributed by atoms with Crippen LogP contribution in [0.15, 0.2) is 48.7 Å². The van der Waals surface area contributed by atoms with Crippen LogP contribution in [-0.4, -0.2) is 24.5 Å². The molecule has 1 heterocycles. The summed E-state index contributed by atoms with van der Waals surface area (Å²) >= 11 is 6.13. The molecular formula is C21H23ClN2O2. The van der Waals surface area contributed by atoms with Gasteiger partial charge in [-0.05, 0) is 61.7 Å². The van der Waals surface area contributed by atoms with Crippen LogP contribution in [0, 0.1) is 0 Å². The number of amides is 1. The number of nitrogens with one attached hydrogen (secondary N) is 2. The van der Waals surface area contributed by atoms with Gasteiger partial charge in [-0.25, -0.2) is 0 Å². The summed E-state index contributed by atoms with van der Waals surface area (Å²) in [5.41, 5.74) is 2.37. The zero-order valence-electron chi connectivity index (χ0n) is 15.2. The van der Waals surface area contributed by atoms with Crippen molar-refractivity contribution in [2.24, 2.45) is 0 Å². The van der Waals surface area contributed by atoms with Gasteiger partial charge in [0.1, 0.15) is 5.75 Å². The van der Waals surface area contributed by atoms with Crippen LogP contribution >= 0.6 is 11.6 Å². The van der Waals surface area contributed by atoms with Gasteiger partial charge in [-0.1, -0.05) is 23.7 Å². The van der Waals surface area contributed by atoms with Crippen molar-refractivity contribution in [2.75, 3.05) is 13.7 Å². The number of hydrogen-bond donors (Lipinski definition) is 2. The molecule has 4 nitrogen and oxygen atoms in total. The maximum atomic E-state index is 12.8. The number of fused-ring (bicyclic) bond motifs is 1. The summed E-state index contributed by atoms with van der Waals surface area (Å²) in [4.78, 5) is 16.0. The molecule has 2 aromatic carbocycles. The molecule has 0 saturated carbocycles. The van der Waals surface area contributed by atoms with Crippen LogP contribution in [0.3, 0.4) is 0 Å². The van der Waals surface area contributed by atoms with Crippen LogP contribution in [0.1, 0.15) is 25.0 Å². The molecule has 1 amide bonds. The second kappa shape index (κ2) is 7.42. The van der Waals surface area contributed by atoms with E-state index in [-0.39, 0.29) is 5.91 Å². The molecule has 0 aliphatic carbocycles. The normalized spacial score (nSPS) is 11.5. The van der Waals surface area contributed by atoms with Crippen molar-refractivity contribution in [1.29, 1.82) is 0 Å². The van der Waals surface area contributed by atoms with Gasteiger partial charge in [0.15, 0.2) is 0 Å². The van der Waals surface area contributed by atoms with E-state index in [0.717, 1.165) is 34.2 Å². The Kier molecular flexibility index (Phi) is 5.23. The highest BCUT2D eigenvalue weighted by atomic mass is 35.5. The zero-order valence-corrected chi connectivity index (χ0v) is 16.0. The Balaban J connectivity index is 1.70. The van der Waals surface area contributed by atoms with Crippen molar-refractivity contribution < 1.29 is 9.53 Å². The van der Waals surface area contributed by atoms with Gasteiger partial charge in [-0.15, -0.1) is 0 Å². The molecule has 26 heavy (non-hydrogen) atoms. The predicted octanol–water partition coefficient (Wildman–Crippen LogP) is 4.47. The Bertz CT molecular complexity index is 931. The van der Waals surface area contributed by atoms with E-state index in [9.17, 15) is 4.79 Å². The third-order valence-corrected chi connectivity index (χ3v) is 4.95. The number of benzene rings is 2. The van der Waals surface area contributed by atoms with Crippen molar-refractivity contribution in [3.05, 3.63) is 64.8 Å². The Hall–Kier alpha value is -2.46. The summed E-state index contributed by atoms with van der Waals surface area (Å²) in [7, 11) is 1.65. The second-order valence-corrected chi connectivity index (χ2v) is 7.31. The third-order valence-electron chi connectivity index (χ3n) is 4.72. The number of rotatable bonds is 6. The quantitative estimate of drug-likeness (QED) is 0.672. The predicted molar refractivity (Wildman–Crippen MR) is 106 cm³/mol. The highest BCUT2D eigenvalue weighted by molar-refractivity contribution is 6.31. The lowest BCUT2D eigenvalue weighted by atomic mass is 9.83. The molecule has 0 unspecified atom stereocenters. The van der Waals surface area contributed by atoms with Crippen LogP contribution in [0.2, 0.25) is 5.02 Å². The number of halogens is 1. The molecule has 0 radical (unpaired) electrons. The smallest absolute Gasteiger partial charge is 0.230 e. The maximum absolute atomic E-state index is 12.8. The minimum absolute atomic E-state index is 0.0127. The summed E-state index contributed by atoms with van der Waals surface area (Å²) in [5, 5.41) is 4.69. The molecule has 0 atom stereocenters. The van der Waals surface area contributed by atoms with Gasteiger partial charge < -0.3 is 15.0 Å². The van der Waals surface area contributed by atoms with Gasteiger partial charge in [-0.2, -0.15) is 0 Å². The molecule has 136 valence electrons. The van der Waals surface area contributed by atoms with E-state index in [1.807, 2.05) is 62.5 Å². The van der Waals surface area contributed by atoms with E-state index < -0.39 is 5.41 Å². The average molecular weight is 371 g/mol. The minimum atomic E-state index is -0.669. The number of ether oxygens (including phenoxy) is 1. The first-order valence-corrected chi connectivity index (χ1v) is 8.98. The number of aromatic amines is 1. The summed E-state index contributed by atoms with van der Waals surface area (Å²) < 4.78 is 5.23. The number of carbonyl (C=O) groups is 1. The molecule has 3 aromatic rings. The first-order valence-electron chi connectivity index (χ1n) is 8.60. The number of H-pyrrole nitrogens is 1.